The summed E-state index contributed by atoms with van der Waals surface area (Å²) in [6.07, 6.45) is 5.85. The lowest BCUT2D eigenvalue weighted by Crippen LogP contribution is -2.44. The highest BCUT2D eigenvalue weighted by Crippen LogP contribution is 2.55. The highest BCUT2D eigenvalue weighted by atomic mass is 35.5. The fourth-order valence-corrected chi connectivity index (χ4v) is 7.21. The first-order valence-corrected chi connectivity index (χ1v) is 15.7. The van der Waals surface area contributed by atoms with E-state index in [1.54, 1.807) is 7.11 Å². The first kappa shape index (κ1) is 31.1. The summed E-state index contributed by atoms with van der Waals surface area (Å²) >= 11 is 6.08. The van der Waals surface area contributed by atoms with Gasteiger partial charge in [0.1, 0.15) is 6.61 Å². The molecule has 0 amide bonds. The molecule has 0 saturated carbocycles. The number of hydrogen-bond acceptors (Lipinski definition) is 5. The van der Waals surface area contributed by atoms with E-state index >= 15 is 0 Å². The van der Waals surface area contributed by atoms with E-state index in [2.05, 4.69) is 52.2 Å². The third-order valence-electron chi connectivity index (χ3n) is 8.84. The Morgan fingerprint density at radius 3 is 2.05 bits per heavy atom. The average Bonchev–Trinajstić information content (AvgIpc) is 2.92. The summed E-state index contributed by atoms with van der Waals surface area (Å²) in [4.78, 5) is 30.5. The summed E-state index contributed by atoms with van der Waals surface area (Å²) in [7, 11) is 1.63. The molecule has 43 heavy (non-hydrogen) atoms. The Morgan fingerprint density at radius 1 is 0.953 bits per heavy atom. The monoisotopic (exact) mass is 601 g/mol. The second-order valence-electron chi connectivity index (χ2n) is 13.8. The maximum Gasteiger partial charge on any atom is 0.165 e. The van der Waals surface area contributed by atoms with Crippen molar-refractivity contribution in [2.45, 2.75) is 85.7 Å². The van der Waals surface area contributed by atoms with E-state index in [1.165, 1.54) is 0 Å². The van der Waals surface area contributed by atoms with Crippen LogP contribution in [0.2, 0.25) is 5.02 Å². The number of nitrogens with zero attached hydrogens (tertiary/aromatic N) is 1. The molecule has 1 heterocycles. The Balaban J connectivity index is 1.69. The number of halogens is 1. The zero-order valence-corrected chi connectivity index (χ0v) is 27.2. The molecule has 0 fully saturated rings. The maximum absolute atomic E-state index is 14.1. The van der Waals surface area contributed by atoms with E-state index in [4.69, 9.17) is 21.1 Å². The Hall–Kier alpha value is -3.31. The molecule has 0 spiro atoms. The zero-order valence-electron chi connectivity index (χ0n) is 26.4. The Morgan fingerprint density at radius 2 is 1.53 bits per heavy atom. The van der Waals surface area contributed by atoms with Crippen LogP contribution in [0.4, 0.5) is 0 Å². The zero-order chi connectivity index (χ0) is 31.1. The van der Waals surface area contributed by atoms with Crippen LogP contribution in [0.25, 0.3) is 0 Å². The van der Waals surface area contributed by atoms with Crippen molar-refractivity contribution in [2.24, 2.45) is 10.8 Å². The number of carbonyl (C=O) groups excluding carboxylic acids is 2. The minimum atomic E-state index is -0.437. The molecule has 5 nitrogen and oxygen atoms in total. The van der Waals surface area contributed by atoms with E-state index in [9.17, 15) is 9.59 Å². The number of methoxy groups -OCH3 is 1. The summed E-state index contributed by atoms with van der Waals surface area (Å²) in [6.45, 7) is 16.0. The second-order valence-corrected chi connectivity index (χ2v) is 14.2. The van der Waals surface area contributed by atoms with Crippen LogP contribution in [0.5, 0.6) is 11.5 Å². The van der Waals surface area contributed by atoms with E-state index in [-0.39, 0.29) is 22.4 Å². The van der Waals surface area contributed by atoms with Gasteiger partial charge < -0.3 is 14.4 Å². The fraction of sp³-hybridized carbons (Fsp3) is 0.459. The van der Waals surface area contributed by atoms with Gasteiger partial charge in [0.25, 0.3) is 0 Å². The summed E-state index contributed by atoms with van der Waals surface area (Å²) in [5.74, 6) is 1.05. The summed E-state index contributed by atoms with van der Waals surface area (Å²) in [6, 6.07) is 11.6. The van der Waals surface area contributed by atoms with Crippen molar-refractivity contribution >= 4 is 23.2 Å². The molecule has 0 N–H and O–H groups in total. The predicted octanol–water partition coefficient (Wildman–Crippen LogP) is 8.75. The van der Waals surface area contributed by atoms with Crippen LogP contribution in [0.15, 0.2) is 71.6 Å². The maximum atomic E-state index is 14.1. The molecule has 0 aromatic heterocycles. The van der Waals surface area contributed by atoms with Crippen molar-refractivity contribution in [2.75, 3.05) is 13.7 Å². The minimum absolute atomic E-state index is 0.133. The molecule has 2 aliphatic carbocycles. The van der Waals surface area contributed by atoms with Gasteiger partial charge in [0, 0.05) is 58.4 Å². The average molecular weight is 602 g/mol. The molecule has 1 aliphatic heterocycles. The van der Waals surface area contributed by atoms with Crippen molar-refractivity contribution in [3.8, 4) is 11.5 Å². The molecule has 6 heteroatoms. The van der Waals surface area contributed by atoms with Gasteiger partial charge in [0.2, 0.25) is 0 Å². The van der Waals surface area contributed by atoms with Gasteiger partial charge in [0.15, 0.2) is 23.1 Å². The summed E-state index contributed by atoms with van der Waals surface area (Å²) < 4.78 is 12.3. The van der Waals surface area contributed by atoms with Gasteiger partial charge in [-0.05, 0) is 65.8 Å². The fourth-order valence-electron chi connectivity index (χ4n) is 7.08. The molecule has 228 valence electrons. The van der Waals surface area contributed by atoms with Gasteiger partial charge in [-0.25, -0.2) is 0 Å². The van der Waals surface area contributed by atoms with Gasteiger partial charge in [-0.15, -0.1) is 6.58 Å². The smallest absolute Gasteiger partial charge is 0.165 e. The SMILES string of the molecule is C=CCc1cc(C2C3=C(CC(C)(C)CC3=O)N(CCC)C3=C2C(=O)CC(C)(C)C3)cc(OC)c1OCc1ccc(Cl)cc1. The molecule has 2 aromatic carbocycles. The van der Waals surface area contributed by atoms with Crippen LogP contribution < -0.4 is 9.47 Å². The lowest BCUT2D eigenvalue weighted by atomic mass is 9.63. The summed E-state index contributed by atoms with van der Waals surface area (Å²) in [5, 5.41) is 0.673. The highest BCUT2D eigenvalue weighted by molar-refractivity contribution is 6.30. The molecular weight excluding hydrogens is 558 g/mol. The van der Waals surface area contributed by atoms with Crippen LogP contribution >= 0.6 is 11.6 Å². The van der Waals surface area contributed by atoms with Crippen molar-refractivity contribution in [3.05, 3.63) is 93.3 Å². The Kier molecular flexibility index (Phi) is 8.68. The van der Waals surface area contributed by atoms with Crippen molar-refractivity contribution in [1.82, 2.24) is 4.90 Å². The lowest BCUT2D eigenvalue weighted by molar-refractivity contribution is -0.119. The van der Waals surface area contributed by atoms with Crippen molar-refractivity contribution < 1.29 is 19.1 Å². The first-order chi connectivity index (χ1) is 20.4. The first-order valence-electron chi connectivity index (χ1n) is 15.4. The van der Waals surface area contributed by atoms with Crippen LogP contribution in [0.3, 0.4) is 0 Å². The van der Waals surface area contributed by atoms with Crippen LogP contribution in [0, 0.1) is 10.8 Å². The van der Waals surface area contributed by atoms with E-state index < -0.39 is 5.92 Å². The Bertz CT molecular complexity index is 1460. The van der Waals surface area contributed by atoms with Crippen LogP contribution in [-0.2, 0) is 22.6 Å². The lowest BCUT2D eigenvalue weighted by Gasteiger charge is -2.49. The quantitative estimate of drug-likeness (QED) is 0.269. The molecular formula is C37H44ClNO4. The van der Waals surface area contributed by atoms with Crippen LogP contribution in [0.1, 0.15) is 89.3 Å². The number of ketones is 2. The Labute approximate surface area is 261 Å². The number of Topliss-reactive ketones (excluding diaryl/α,β-unsaturated/α-hetero) is 2. The van der Waals surface area contributed by atoms with E-state index in [0.29, 0.717) is 42.4 Å². The van der Waals surface area contributed by atoms with Gasteiger partial charge in [-0.1, -0.05) is 70.5 Å². The van der Waals surface area contributed by atoms with E-state index in [1.807, 2.05) is 36.4 Å². The number of benzene rings is 2. The molecule has 3 aliphatic rings. The normalized spacial score (nSPS) is 19.7. The molecule has 0 unspecified atom stereocenters. The van der Waals surface area contributed by atoms with Gasteiger partial charge in [0.05, 0.1) is 7.11 Å². The number of rotatable bonds is 9. The summed E-state index contributed by atoms with van der Waals surface area (Å²) in [5.41, 5.74) is 6.22. The standard InChI is InChI=1S/C37H44ClNO4/c1-8-10-24-16-25(17-31(42-7)35(24)43-22-23-11-13-26(38)14-12-23)32-33-27(18-36(3,4)20-29(33)40)39(15-9-2)28-19-37(5,6)21-30(41)34(28)32/h8,11-14,16-17,32H,1,9-10,15,18-22H2,2-7H3. The van der Waals surface area contributed by atoms with Gasteiger partial charge in [-0.2, -0.15) is 0 Å². The van der Waals surface area contributed by atoms with Gasteiger partial charge >= 0.3 is 0 Å². The number of carbonyl (C=O) groups is 2. The molecule has 0 atom stereocenters. The minimum Gasteiger partial charge on any atom is -0.493 e. The van der Waals surface area contributed by atoms with Crippen molar-refractivity contribution in [3.63, 3.8) is 0 Å². The van der Waals surface area contributed by atoms with Crippen LogP contribution in [-0.4, -0.2) is 30.1 Å². The number of ether oxygens (including phenoxy) is 2. The number of allylic oxidation sites excluding steroid dienone is 5. The predicted molar refractivity (Wildman–Crippen MR) is 173 cm³/mol. The molecule has 0 bridgehead atoms. The molecule has 0 saturated heterocycles. The second kappa shape index (κ2) is 12.0. The molecule has 2 aromatic rings. The molecule has 0 radical (unpaired) electrons. The van der Waals surface area contributed by atoms with Gasteiger partial charge in [-0.3, -0.25) is 9.59 Å². The topological polar surface area (TPSA) is 55.8 Å². The van der Waals surface area contributed by atoms with Crippen molar-refractivity contribution in [1.29, 1.82) is 0 Å². The largest absolute Gasteiger partial charge is 0.493 e. The van der Waals surface area contributed by atoms with E-state index in [0.717, 1.165) is 65.0 Å². The third-order valence-corrected chi connectivity index (χ3v) is 9.09. The third kappa shape index (κ3) is 6.20. The molecule has 5 rings (SSSR count). The number of hydrogen-bond donors (Lipinski definition) is 0. The highest BCUT2D eigenvalue weighted by Gasteiger charge is 2.49.